The molecule has 0 fully saturated rings. The number of aromatic nitrogens is 3. The molecule has 3 heterocycles. The molecule has 0 spiro atoms. The number of nitrogens with zero attached hydrogens (tertiary/aromatic N) is 4. The smallest absolute Gasteiger partial charge is 0.162 e. The van der Waals surface area contributed by atoms with E-state index in [9.17, 15) is 5.11 Å². The Kier molecular flexibility index (Phi) is 6.62. The minimum Gasteiger partial charge on any atom is -0.388 e. The third-order valence-electron chi connectivity index (χ3n) is 6.51. The lowest BCUT2D eigenvalue weighted by molar-refractivity contribution is 0.127. The molecule has 2 aromatic carbocycles. The highest BCUT2D eigenvalue weighted by Gasteiger charge is 2.28. The highest BCUT2D eigenvalue weighted by Crippen LogP contribution is 2.37. The number of aryl methyl sites for hydroxylation is 3. The van der Waals surface area contributed by atoms with E-state index < -0.39 is 6.10 Å². The van der Waals surface area contributed by atoms with Crippen LogP contribution in [-0.2, 0) is 12.8 Å². The molecule has 4 aromatic rings. The molecule has 1 N–H and O–H groups in total. The molecule has 35 heavy (non-hydrogen) atoms. The van der Waals surface area contributed by atoms with Gasteiger partial charge in [0.2, 0.25) is 0 Å². The highest BCUT2D eigenvalue weighted by atomic mass is 35.5. The van der Waals surface area contributed by atoms with Gasteiger partial charge in [0.15, 0.2) is 5.82 Å². The maximum Gasteiger partial charge on any atom is 0.162 e. The molecule has 2 atom stereocenters. The van der Waals surface area contributed by atoms with Crippen LogP contribution >= 0.6 is 22.9 Å². The van der Waals surface area contributed by atoms with Crippen molar-refractivity contribution in [2.24, 2.45) is 10.9 Å². The van der Waals surface area contributed by atoms with Gasteiger partial charge in [-0.05, 0) is 55.9 Å². The van der Waals surface area contributed by atoms with Crippen molar-refractivity contribution in [2.75, 3.05) is 0 Å². The second-order valence-electron chi connectivity index (χ2n) is 9.44. The normalized spacial score (nSPS) is 16.0. The summed E-state index contributed by atoms with van der Waals surface area (Å²) in [7, 11) is 0. The van der Waals surface area contributed by atoms with E-state index in [0.717, 1.165) is 51.9 Å². The first-order chi connectivity index (χ1) is 16.8. The van der Waals surface area contributed by atoms with Gasteiger partial charge in [-0.2, -0.15) is 0 Å². The summed E-state index contributed by atoms with van der Waals surface area (Å²) < 4.78 is 2.14. The lowest BCUT2D eigenvalue weighted by Crippen LogP contribution is -2.06. The zero-order chi connectivity index (χ0) is 24.7. The fourth-order valence-electron chi connectivity index (χ4n) is 4.51. The summed E-state index contributed by atoms with van der Waals surface area (Å²) in [5.41, 5.74) is 5.13. The largest absolute Gasteiger partial charge is 0.388 e. The molecule has 180 valence electrons. The average molecular weight is 505 g/mol. The molecular weight excluding hydrogens is 476 g/mol. The number of aliphatic hydroxyl groups is 1. The molecule has 1 aliphatic heterocycles. The molecule has 5 nitrogen and oxygen atoms in total. The predicted octanol–water partition coefficient (Wildman–Crippen LogP) is 6.68. The van der Waals surface area contributed by atoms with Crippen LogP contribution in [0.2, 0.25) is 5.02 Å². The molecule has 2 aromatic heterocycles. The van der Waals surface area contributed by atoms with Gasteiger partial charge in [-0.25, -0.2) is 0 Å². The van der Waals surface area contributed by atoms with E-state index >= 15 is 0 Å². The van der Waals surface area contributed by atoms with Gasteiger partial charge in [0.25, 0.3) is 0 Å². The topological polar surface area (TPSA) is 63.3 Å². The second kappa shape index (κ2) is 9.69. The summed E-state index contributed by atoms with van der Waals surface area (Å²) in [4.78, 5) is 6.34. The Bertz CT molecular complexity index is 1390. The van der Waals surface area contributed by atoms with Crippen molar-refractivity contribution in [3.8, 4) is 5.00 Å². The summed E-state index contributed by atoms with van der Waals surface area (Å²) in [6.45, 7) is 8.10. The van der Waals surface area contributed by atoms with Crippen molar-refractivity contribution in [1.29, 1.82) is 0 Å². The molecule has 0 radical (unpaired) electrons. The first-order valence-corrected chi connectivity index (χ1v) is 13.2. The van der Waals surface area contributed by atoms with Gasteiger partial charge < -0.3 is 5.11 Å². The summed E-state index contributed by atoms with van der Waals surface area (Å²) in [6, 6.07) is 18.3. The van der Waals surface area contributed by atoms with Crippen LogP contribution < -0.4 is 0 Å². The summed E-state index contributed by atoms with van der Waals surface area (Å²) in [5, 5.41) is 20.9. The molecule has 1 aliphatic rings. The molecule has 7 heteroatoms. The van der Waals surface area contributed by atoms with Crippen molar-refractivity contribution in [3.63, 3.8) is 0 Å². The third kappa shape index (κ3) is 4.58. The van der Waals surface area contributed by atoms with E-state index in [2.05, 4.69) is 33.0 Å². The zero-order valence-electron chi connectivity index (χ0n) is 20.4. The maximum absolute atomic E-state index is 10.3. The number of aliphatic hydroxyl groups excluding tert-OH is 1. The quantitative estimate of drug-likeness (QED) is 0.318. The molecule has 5 rings (SSSR count). The first kappa shape index (κ1) is 23.9. The fourth-order valence-corrected chi connectivity index (χ4v) is 5.95. The number of aliphatic imine (C=N–C) groups is 1. The number of benzene rings is 2. The average Bonchev–Trinajstić information content (AvgIpc) is 3.41. The van der Waals surface area contributed by atoms with E-state index in [4.69, 9.17) is 16.6 Å². The molecule has 2 unspecified atom stereocenters. The zero-order valence-corrected chi connectivity index (χ0v) is 21.9. The van der Waals surface area contributed by atoms with Crippen LogP contribution in [0.5, 0.6) is 0 Å². The SMILES string of the molecule is Cc1nnc2n1-c1sc(CCc3ccc(C(O)C(C)C)cc3)cc1C(c1ccccc1Cl)=NC2C. The highest BCUT2D eigenvalue weighted by molar-refractivity contribution is 7.15. The lowest BCUT2D eigenvalue weighted by Gasteiger charge is -2.15. The van der Waals surface area contributed by atoms with Gasteiger partial charge in [0, 0.05) is 21.0 Å². The van der Waals surface area contributed by atoms with E-state index in [1.165, 1.54) is 10.4 Å². The Morgan fingerprint density at radius 3 is 2.49 bits per heavy atom. The number of thiophene rings is 1. The number of halogens is 1. The van der Waals surface area contributed by atoms with Gasteiger partial charge in [-0.1, -0.05) is 67.9 Å². The van der Waals surface area contributed by atoms with Gasteiger partial charge in [0.05, 0.1) is 11.8 Å². The predicted molar refractivity (Wildman–Crippen MR) is 143 cm³/mol. The van der Waals surface area contributed by atoms with Gasteiger partial charge >= 0.3 is 0 Å². The summed E-state index contributed by atoms with van der Waals surface area (Å²) in [6.07, 6.45) is 1.40. The Balaban J connectivity index is 1.49. The van der Waals surface area contributed by atoms with E-state index in [0.29, 0.717) is 5.02 Å². The van der Waals surface area contributed by atoms with E-state index in [-0.39, 0.29) is 12.0 Å². The Hall–Kier alpha value is -2.80. The van der Waals surface area contributed by atoms with Crippen LogP contribution in [0.4, 0.5) is 0 Å². The first-order valence-electron chi connectivity index (χ1n) is 12.0. The van der Waals surface area contributed by atoms with Crippen LogP contribution in [0, 0.1) is 12.8 Å². The number of hydrogen-bond donors (Lipinski definition) is 1. The van der Waals surface area contributed by atoms with Crippen LogP contribution in [0.15, 0.2) is 59.6 Å². The van der Waals surface area contributed by atoms with Crippen LogP contribution in [0.1, 0.15) is 71.7 Å². The molecule has 0 saturated heterocycles. The van der Waals surface area contributed by atoms with E-state index in [1.807, 2.05) is 64.1 Å². The van der Waals surface area contributed by atoms with Crippen LogP contribution in [-0.4, -0.2) is 25.6 Å². The van der Waals surface area contributed by atoms with Crippen molar-refractivity contribution < 1.29 is 5.11 Å². The molecule has 0 amide bonds. The number of fused-ring (bicyclic) bond motifs is 3. The van der Waals surface area contributed by atoms with Gasteiger partial charge in [-0.3, -0.25) is 9.56 Å². The Morgan fingerprint density at radius 2 is 1.77 bits per heavy atom. The van der Waals surface area contributed by atoms with Gasteiger partial charge in [-0.15, -0.1) is 21.5 Å². The van der Waals surface area contributed by atoms with Crippen molar-refractivity contribution in [1.82, 2.24) is 14.8 Å². The lowest BCUT2D eigenvalue weighted by atomic mass is 9.97. The standard InChI is InChI=1S/C28H29ClN4OS/c1-16(2)26(34)20-12-9-19(10-13-20)11-14-21-15-23-25(22-7-5-6-8-24(22)29)30-17(3)27-32-31-18(4)33(27)28(23)35-21/h5-10,12-13,15-17,26,34H,11,14H2,1-4H3. The number of rotatable bonds is 6. The maximum atomic E-state index is 10.3. The van der Waals surface area contributed by atoms with Crippen molar-refractivity contribution in [3.05, 3.63) is 98.4 Å². The van der Waals surface area contributed by atoms with Gasteiger partial charge in [0.1, 0.15) is 16.9 Å². The van der Waals surface area contributed by atoms with Crippen LogP contribution in [0.25, 0.3) is 5.00 Å². The molecule has 0 saturated carbocycles. The second-order valence-corrected chi connectivity index (χ2v) is 11.0. The minimum atomic E-state index is -0.428. The summed E-state index contributed by atoms with van der Waals surface area (Å²) in [5.74, 6) is 1.90. The monoisotopic (exact) mass is 504 g/mol. The van der Waals surface area contributed by atoms with Crippen molar-refractivity contribution in [2.45, 2.75) is 52.7 Å². The Morgan fingerprint density at radius 1 is 1.03 bits per heavy atom. The van der Waals surface area contributed by atoms with Crippen LogP contribution in [0.3, 0.4) is 0 Å². The van der Waals surface area contributed by atoms with Crippen molar-refractivity contribution >= 4 is 28.6 Å². The molecular formula is C28H29ClN4OS. The summed E-state index contributed by atoms with van der Waals surface area (Å²) >= 11 is 8.38. The minimum absolute atomic E-state index is 0.134. The third-order valence-corrected chi connectivity index (χ3v) is 8.02. The molecule has 0 aliphatic carbocycles. The van der Waals surface area contributed by atoms with E-state index in [1.54, 1.807) is 11.3 Å². The fraction of sp³-hybridized carbons (Fsp3) is 0.321. The Labute approximate surface area is 215 Å². The number of hydrogen-bond acceptors (Lipinski definition) is 5. The molecule has 0 bridgehead atoms.